The Labute approximate surface area is 288 Å². The summed E-state index contributed by atoms with van der Waals surface area (Å²) in [6, 6.07) is 49.1. The van der Waals surface area contributed by atoms with Crippen molar-refractivity contribution in [2.45, 2.75) is 24.5 Å². The van der Waals surface area contributed by atoms with Crippen molar-refractivity contribution in [1.82, 2.24) is 14.5 Å². The van der Waals surface area contributed by atoms with E-state index >= 15 is 0 Å². The van der Waals surface area contributed by atoms with E-state index < -0.39 is 10.9 Å². The molecule has 0 N–H and O–H groups in total. The number of aromatic nitrogens is 3. The van der Waals surface area contributed by atoms with Gasteiger partial charge in [-0.1, -0.05) is 78.5 Å². The van der Waals surface area contributed by atoms with Gasteiger partial charge in [0.1, 0.15) is 0 Å². The highest BCUT2D eigenvalue weighted by molar-refractivity contribution is 8.18. The van der Waals surface area contributed by atoms with Crippen molar-refractivity contribution in [3.05, 3.63) is 158 Å². The molecule has 1 aliphatic rings. The Balaban J connectivity index is 1.25. The molecule has 0 spiro atoms. The maximum atomic E-state index is 4.35. The molecule has 0 radical (unpaired) electrons. The Morgan fingerprint density at radius 3 is 1.96 bits per heavy atom. The van der Waals surface area contributed by atoms with E-state index in [0.29, 0.717) is 0 Å². The van der Waals surface area contributed by atoms with Crippen LogP contribution in [0, 0.1) is 0 Å². The molecule has 0 bridgehead atoms. The molecule has 228 valence electrons. The van der Waals surface area contributed by atoms with Crippen LogP contribution in [0.3, 0.4) is 0 Å². The smallest absolute Gasteiger partial charge is 0.0727 e. The number of rotatable bonds is 4. The second-order valence-electron chi connectivity index (χ2n) is 11.9. The zero-order valence-corrected chi connectivity index (χ0v) is 28.1. The Morgan fingerprint density at radius 1 is 0.542 bits per heavy atom. The summed E-state index contributed by atoms with van der Waals surface area (Å²) in [4.78, 5) is 15.5. The molecule has 0 amide bonds. The van der Waals surface area contributed by atoms with Gasteiger partial charge in [-0.3, -0.25) is 9.97 Å². The van der Waals surface area contributed by atoms with Gasteiger partial charge in [-0.2, -0.15) is 10.9 Å². The van der Waals surface area contributed by atoms with Crippen molar-refractivity contribution in [3.63, 3.8) is 0 Å². The van der Waals surface area contributed by atoms with E-state index in [-0.39, 0.29) is 0 Å². The molecule has 1 atom stereocenters. The summed E-state index contributed by atoms with van der Waals surface area (Å²) in [5.74, 6) is 0. The highest BCUT2D eigenvalue weighted by atomic mass is 32.2. The van der Waals surface area contributed by atoms with Crippen molar-refractivity contribution >= 4 is 65.2 Å². The molecule has 5 heterocycles. The van der Waals surface area contributed by atoms with E-state index in [1.807, 2.05) is 47.9 Å². The summed E-state index contributed by atoms with van der Waals surface area (Å²) in [5, 5.41) is 2.61. The maximum absolute atomic E-state index is 4.35. The summed E-state index contributed by atoms with van der Waals surface area (Å²) in [5.41, 5.74) is 8.59. The minimum atomic E-state index is -0.914. The maximum Gasteiger partial charge on any atom is 0.0727 e. The summed E-state index contributed by atoms with van der Waals surface area (Å²) >= 11 is 3.79. The molecule has 0 saturated heterocycles. The third-order valence-electron chi connectivity index (χ3n) is 9.19. The zero-order chi connectivity index (χ0) is 31.6. The van der Waals surface area contributed by atoms with Crippen molar-refractivity contribution in [2.24, 2.45) is 0 Å². The monoisotopic (exact) mass is 669 g/mol. The molecule has 9 aromatic rings. The van der Waals surface area contributed by atoms with Gasteiger partial charge in [-0.15, -0.1) is 11.3 Å². The van der Waals surface area contributed by atoms with E-state index in [1.54, 1.807) is 0 Å². The van der Waals surface area contributed by atoms with E-state index in [9.17, 15) is 0 Å². The number of hydrogen-bond acceptors (Lipinski definition) is 4. The summed E-state index contributed by atoms with van der Waals surface area (Å²) < 4.78 is 5.15. The van der Waals surface area contributed by atoms with Crippen LogP contribution in [0.25, 0.3) is 59.1 Å². The minimum absolute atomic E-state index is 0.914. The Morgan fingerprint density at radius 2 is 1.19 bits per heavy atom. The van der Waals surface area contributed by atoms with E-state index in [2.05, 4.69) is 148 Å². The molecule has 3 nitrogen and oxygen atoms in total. The first-order chi connectivity index (χ1) is 23.8. The summed E-state index contributed by atoms with van der Waals surface area (Å²) in [7, 11) is -0.914. The van der Waals surface area contributed by atoms with E-state index in [1.165, 1.54) is 83.6 Å². The lowest BCUT2D eigenvalue weighted by atomic mass is 10.00. The van der Waals surface area contributed by atoms with Gasteiger partial charge in [0.25, 0.3) is 0 Å². The first-order valence-corrected chi connectivity index (χ1v) is 18.9. The average Bonchev–Trinajstić information content (AvgIpc) is 3.69. The van der Waals surface area contributed by atoms with Crippen molar-refractivity contribution in [3.8, 4) is 27.9 Å². The SMILES string of the molecule is c1ccc2c(c1)Sc1cc(-n3c4ccccc4c4sc5ccccc5c43)ccc1[SH]2c1c(-c2ccncc2)cccc1-c1ccncc1. The molecule has 48 heavy (non-hydrogen) atoms. The van der Waals surface area contributed by atoms with Gasteiger partial charge in [0.05, 0.1) is 15.7 Å². The number of pyridine rings is 2. The highest BCUT2D eigenvalue weighted by Crippen LogP contribution is 2.65. The minimum Gasteiger partial charge on any atom is -0.308 e. The highest BCUT2D eigenvalue weighted by Gasteiger charge is 2.30. The fraction of sp³-hybridized carbons (Fsp3) is 0. The molecule has 5 aromatic carbocycles. The van der Waals surface area contributed by atoms with E-state index in [0.717, 1.165) is 0 Å². The number of thiophene rings is 1. The molecule has 6 heteroatoms. The second kappa shape index (κ2) is 11.2. The lowest BCUT2D eigenvalue weighted by Crippen LogP contribution is -2.03. The summed E-state index contributed by atoms with van der Waals surface area (Å²) in [6.45, 7) is 0. The van der Waals surface area contributed by atoms with Crippen LogP contribution in [0.2, 0.25) is 0 Å². The lowest BCUT2D eigenvalue weighted by Gasteiger charge is -2.35. The molecule has 1 unspecified atom stereocenters. The number of benzene rings is 5. The quantitative estimate of drug-likeness (QED) is 0.189. The first kappa shape index (κ1) is 27.9. The molecule has 10 rings (SSSR count). The summed E-state index contributed by atoms with van der Waals surface area (Å²) in [6.07, 6.45) is 7.58. The largest absolute Gasteiger partial charge is 0.308 e. The Hall–Kier alpha value is -5.14. The van der Waals surface area contributed by atoms with Crippen LogP contribution in [0.15, 0.2) is 183 Å². The number of para-hydroxylation sites is 1. The van der Waals surface area contributed by atoms with Gasteiger partial charge in [0.15, 0.2) is 0 Å². The van der Waals surface area contributed by atoms with Crippen LogP contribution in [0.5, 0.6) is 0 Å². The van der Waals surface area contributed by atoms with Crippen LogP contribution < -0.4 is 0 Å². The van der Waals surface area contributed by atoms with Crippen molar-refractivity contribution in [1.29, 1.82) is 0 Å². The molecule has 0 fully saturated rings. The normalized spacial score (nSPS) is 14.7. The van der Waals surface area contributed by atoms with Crippen LogP contribution in [-0.4, -0.2) is 14.5 Å². The molecular weight excluding hydrogens is 643 g/mol. The van der Waals surface area contributed by atoms with Crippen molar-refractivity contribution < 1.29 is 0 Å². The molecule has 1 aliphatic heterocycles. The first-order valence-electron chi connectivity index (χ1n) is 15.9. The van der Waals surface area contributed by atoms with Crippen LogP contribution >= 0.6 is 34.0 Å². The van der Waals surface area contributed by atoms with E-state index in [4.69, 9.17) is 0 Å². The fourth-order valence-corrected chi connectivity index (χ4v) is 12.7. The number of hydrogen-bond donors (Lipinski definition) is 1. The standard InChI is InChI=1S/C42H27N3S3/c1-3-12-34-32(8-1)41-40(33-9-2-4-13-35(33)47-41)45(34)29-16-17-39-37(26-29)46-36-14-5-6-15-38(36)48(39)42-30(27-18-22-43-23-19-27)10-7-11-31(42)28-20-24-44-25-21-28/h1-26,48H. The lowest BCUT2D eigenvalue weighted by molar-refractivity contribution is 1.09. The van der Waals surface area contributed by atoms with Gasteiger partial charge in [0, 0.05) is 70.4 Å². The number of nitrogens with zero attached hydrogens (tertiary/aromatic N) is 3. The Bertz CT molecular complexity index is 2600. The zero-order valence-electron chi connectivity index (χ0n) is 25.6. The van der Waals surface area contributed by atoms with Gasteiger partial charge in [-0.05, 0) is 89.0 Å². The molecule has 0 saturated carbocycles. The number of fused-ring (bicyclic) bond motifs is 7. The third-order valence-corrected chi connectivity index (χ3v) is 14.5. The molecular formula is C42H27N3S3. The third kappa shape index (κ3) is 4.30. The Kier molecular flexibility index (Phi) is 6.54. The predicted molar refractivity (Wildman–Crippen MR) is 203 cm³/mol. The van der Waals surface area contributed by atoms with Crippen molar-refractivity contribution in [2.75, 3.05) is 0 Å². The van der Waals surface area contributed by atoms with Gasteiger partial charge < -0.3 is 4.57 Å². The van der Waals surface area contributed by atoms with Gasteiger partial charge >= 0.3 is 0 Å². The molecule has 4 aromatic heterocycles. The van der Waals surface area contributed by atoms with Crippen LogP contribution in [0.1, 0.15) is 0 Å². The molecule has 0 aliphatic carbocycles. The number of thiol groups is 1. The van der Waals surface area contributed by atoms with Crippen LogP contribution in [0.4, 0.5) is 0 Å². The second-order valence-corrected chi connectivity index (χ2v) is 16.1. The van der Waals surface area contributed by atoms with Gasteiger partial charge in [0.2, 0.25) is 0 Å². The topological polar surface area (TPSA) is 30.7 Å². The van der Waals surface area contributed by atoms with Gasteiger partial charge in [-0.25, -0.2) is 0 Å². The average molecular weight is 670 g/mol. The fourth-order valence-electron chi connectivity index (χ4n) is 7.12. The van der Waals surface area contributed by atoms with Crippen LogP contribution in [-0.2, 0) is 0 Å². The predicted octanol–water partition coefficient (Wildman–Crippen LogP) is 12.1.